The summed E-state index contributed by atoms with van der Waals surface area (Å²) in [6, 6.07) is 4.18. The molecule has 5 nitrogen and oxygen atoms in total. The zero-order valence-electron chi connectivity index (χ0n) is 11.3. The maximum atomic E-state index is 4.46. The molecule has 2 heterocycles. The van der Waals surface area contributed by atoms with Crippen LogP contribution in [0.4, 0.5) is 0 Å². The number of hydrogen-bond acceptors (Lipinski definition) is 3. The lowest BCUT2D eigenvalue weighted by atomic mass is 10.3. The minimum absolute atomic E-state index is 0.780. The van der Waals surface area contributed by atoms with Gasteiger partial charge in [-0.3, -0.25) is 9.36 Å². The lowest BCUT2D eigenvalue weighted by molar-refractivity contribution is 0.551. The second kappa shape index (κ2) is 5.82. The SMILES string of the molecule is CCNCc1ccnn1Cc1cc(C)nn1CC. The number of rotatable bonds is 6. The van der Waals surface area contributed by atoms with Gasteiger partial charge in [0.05, 0.1) is 23.6 Å². The average Bonchev–Trinajstić information content (AvgIpc) is 2.94. The molecular formula is C13H21N5. The third-order valence-electron chi connectivity index (χ3n) is 2.96. The molecule has 0 unspecified atom stereocenters. The summed E-state index contributed by atoms with van der Waals surface area (Å²) in [5, 5.41) is 12.2. The van der Waals surface area contributed by atoms with Gasteiger partial charge in [0.15, 0.2) is 0 Å². The van der Waals surface area contributed by atoms with Gasteiger partial charge in [-0.05, 0) is 32.5 Å². The minimum atomic E-state index is 0.780. The highest BCUT2D eigenvalue weighted by Crippen LogP contribution is 2.08. The quantitative estimate of drug-likeness (QED) is 0.843. The van der Waals surface area contributed by atoms with Crippen molar-refractivity contribution in [3.63, 3.8) is 0 Å². The summed E-state index contributed by atoms with van der Waals surface area (Å²) in [6.07, 6.45) is 1.85. The first-order chi connectivity index (χ1) is 8.74. The highest BCUT2D eigenvalue weighted by Gasteiger charge is 2.08. The normalized spacial score (nSPS) is 11.1. The summed E-state index contributed by atoms with van der Waals surface area (Å²) in [5.74, 6) is 0. The highest BCUT2D eigenvalue weighted by molar-refractivity contribution is 5.11. The van der Waals surface area contributed by atoms with Crippen molar-refractivity contribution in [1.29, 1.82) is 0 Å². The molecule has 0 aliphatic heterocycles. The highest BCUT2D eigenvalue weighted by atomic mass is 15.3. The number of aryl methyl sites for hydroxylation is 2. The standard InChI is InChI=1S/C13H21N5/c1-4-14-9-12-6-7-15-18(12)10-13-8-11(3)16-17(13)5-2/h6-8,14H,4-5,9-10H2,1-3H3. The van der Waals surface area contributed by atoms with E-state index < -0.39 is 0 Å². The molecule has 98 valence electrons. The summed E-state index contributed by atoms with van der Waals surface area (Å²) in [4.78, 5) is 0. The summed E-state index contributed by atoms with van der Waals surface area (Å²) < 4.78 is 4.07. The van der Waals surface area contributed by atoms with Gasteiger partial charge >= 0.3 is 0 Å². The Balaban J connectivity index is 2.15. The van der Waals surface area contributed by atoms with E-state index in [2.05, 4.69) is 41.5 Å². The minimum Gasteiger partial charge on any atom is -0.311 e. The molecule has 1 N–H and O–H groups in total. The smallest absolute Gasteiger partial charge is 0.0832 e. The number of nitrogens with one attached hydrogen (secondary N) is 1. The van der Waals surface area contributed by atoms with E-state index in [-0.39, 0.29) is 0 Å². The van der Waals surface area contributed by atoms with Crippen LogP contribution in [0.1, 0.15) is 30.9 Å². The average molecular weight is 247 g/mol. The topological polar surface area (TPSA) is 47.7 Å². The van der Waals surface area contributed by atoms with Crippen molar-refractivity contribution in [2.45, 2.75) is 40.4 Å². The number of nitrogens with zero attached hydrogens (tertiary/aromatic N) is 4. The van der Waals surface area contributed by atoms with E-state index in [0.29, 0.717) is 0 Å². The zero-order chi connectivity index (χ0) is 13.0. The molecule has 0 atom stereocenters. The molecular weight excluding hydrogens is 226 g/mol. The monoisotopic (exact) mass is 247 g/mol. The van der Waals surface area contributed by atoms with Crippen LogP contribution in [-0.2, 0) is 19.6 Å². The van der Waals surface area contributed by atoms with Crippen LogP contribution in [0.5, 0.6) is 0 Å². The van der Waals surface area contributed by atoms with Crippen molar-refractivity contribution in [2.24, 2.45) is 0 Å². The van der Waals surface area contributed by atoms with Crippen molar-refractivity contribution in [3.05, 3.63) is 35.4 Å². The Hall–Kier alpha value is -1.62. The third-order valence-corrected chi connectivity index (χ3v) is 2.96. The van der Waals surface area contributed by atoms with E-state index in [9.17, 15) is 0 Å². The Kier molecular flexibility index (Phi) is 4.15. The van der Waals surface area contributed by atoms with Crippen LogP contribution < -0.4 is 5.32 Å². The third kappa shape index (κ3) is 2.79. The van der Waals surface area contributed by atoms with Gasteiger partial charge in [-0.25, -0.2) is 0 Å². The second-order valence-corrected chi connectivity index (χ2v) is 4.35. The fraction of sp³-hybridized carbons (Fsp3) is 0.538. The molecule has 0 aliphatic rings. The van der Waals surface area contributed by atoms with Gasteiger partial charge in [-0.1, -0.05) is 6.92 Å². The van der Waals surface area contributed by atoms with E-state index in [4.69, 9.17) is 0 Å². The van der Waals surface area contributed by atoms with Crippen LogP contribution >= 0.6 is 0 Å². The van der Waals surface area contributed by atoms with Crippen molar-refractivity contribution in [2.75, 3.05) is 6.54 Å². The predicted octanol–water partition coefficient (Wildman–Crippen LogP) is 1.57. The fourth-order valence-corrected chi connectivity index (χ4v) is 2.06. The van der Waals surface area contributed by atoms with E-state index >= 15 is 0 Å². The molecule has 0 fully saturated rings. The lowest BCUT2D eigenvalue weighted by Gasteiger charge is -2.09. The maximum Gasteiger partial charge on any atom is 0.0832 e. The summed E-state index contributed by atoms with van der Waals surface area (Å²) in [6.45, 7) is 9.75. The molecule has 2 aromatic rings. The first-order valence-corrected chi connectivity index (χ1v) is 6.49. The summed E-state index contributed by atoms with van der Waals surface area (Å²) in [7, 11) is 0. The van der Waals surface area contributed by atoms with Crippen LogP contribution in [-0.4, -0.2) is 26.1 Å². The van der Waals surface area contributed by atoms with Gasteiger partial charge in [0.25, 0.3) is 0 Å². The summed E-state index contributed by atoms with van der Waals surface area (Å²) in [5.41, 5.74) is 3.47. The molecule has 2 aromatic heterocycles. The lowest BCUT2D eigenvalue weighted by Crippen LogP contribution is -2.17. The van der Waals surface area contributed by atoms with Crippen molar-refractivity contribution in [1.82, 2.24) is 24.9 Å². The van der Waals surface area contributed by atoms with Gasteiger partial charge < -0.3 is 5.32 Å². The molecule has 0 aliphatic carbocycles. The van der Waals surface area contributed by atoms with Crippen molar-refractivity contribution in [3.8, 4) is 0 Å². The van der Waals surface area contributed by atoms with Crippen molar-refractivity contribution < 1.29 is 0 Å². The van der Waals surface area contributed by atoms with Crippen LogP contribution in [0.3, 0.4) is 0 Å². The molecule has 0 radical (unpaired) electrons. The van der Waals surface area contributed by atoms with Gasteiger partial charge in [0, 0.05) is 19.3 Å². The Morgan fingerprint density at radius 1 is 1.22 bits per heavy atom. The van der Waals surface area contributed by atoms with Crippen molar-refractivity contribution >= 4 is 0 Å². The van der Waals surface area contributed by atoms with Gasteiger partial charge in [-0.2, -0.15) is 10.2 Å². The molecule has 18 heavy (non-hydrogen) atoms. The Labute approximate surface area is 108 Å². The zero-order valence-corrected chi connectivity index (χ0v) is 11.3. The Morgan fingerprint density at radius 3 is 2.78 bits per heavy atom. The Morgan fingerprint density at radius 2 is 2.06 bits per heavy atom. The molecule has 0 aromatic carbocycles. The predicted molar refractivity (Wildman–Crippen MR) is 71.3 cm³/mol. The van der Waals surface area contributed by atoms with E-state index in [1.807, 2.05) is 22.5 Å². The second-order valence-electron chi connectivity index (χ2n) is 4.35. The number of aromatic nitrogens is 4. The molecule has 5 heteroatoms. The fourth-order valence-electron chi connectivity index (χ4n) is 2.06. The van der Waals surface area contributed by atoms with Gasteiger partial charge in [-0.15, -0.1) is 0 Å². The van der Waals surface area contributed by atoms with Gasteiger partial charge in [0.1, 0.15) is 0 Å². The molecule has 0 saturated heterocycles. The van der Waals surface area contributed by atoms with Crippen LogP contribution in [0, 0.1) is 6.92 Å². The largest absolute Gasteiger partial charge is 0.311 e. The molecule has 0 saturated carbocycles. The van der Waals surface area contributed by atoms with E-state index in [0.717, 1.165) is 31.9 Å². The first-order valence-electron chi connectivity index (χ1n) is 6.49. The maximum absolute atomic E-state index is 4.46. The first kappa shape index (κ1) is 12.8. The Bertz CT molecular complexity index is 497. The van der Waals surface area contributed by atoms with Gasteiger partial charge in [0.2, 0.25) is 0 Å². The molecule has 2 rings (SSSR count). The van der Waals surface area contributed by atoms with Crippen LogP contribution in [0.2, 0.25) is 0 Å². The molecule has 0 spiro atoms. The molecule has 0 bridgehead atoms. The van der Waals surface area contributed by atoms with Crippen LogP contribution in [0.15, 0.2) is 18.3 Å². The summed E-state index contributed by atoms with van der Waals surface area (Å²) >= 11 is 0. The molecule has 0 amide bonds. The van der Waals surface area contributed by atoms with E-state index in [1.165, 1.54) is 11.4 Å². The number of hydrogen-bond donors (Lipinski definition) is 1. The van der Waals surface area contributed by atoms with E-state index in [1.54, 1.807) is 0 Å². The van der Waals surface area contributed by atoms with Crippen LogP contribution in [0.25, 0.3) is 0 Å².